The number of esters is 1. The second kappa shape index (κ2) is 11.8. The summed E-state index contributed by atoms with van der Waals surface area (Å²) in [5, 5.41) is 0.623. The number of benzene rings is 2. The molecule has 0 atom stereocenters. The molecule has 0 fully saturated rings. The van der Waals surface area contributed by atoms with Gasteiger partial charge in [0, 0.05) is 14.8 Å². The highest BCUT2D eigenvalue weighted by Gasteiger charge is 2.16. The first kappa shape index (κ1) is 23.2. The van der Waals surface area contributed by atoms with Crippen LogP contribution in [0.3, 0.4) is 0 Å². The highest BCUT2D eigenvalue weighted by molar-refractivity contribution is 14.1. The maximum atomic E-state index is 12.2. The first-order chi connectivity index (χ1) is 13.1. The molecule has 144 valence electrons. The Morgan fingerprint density at radius 2 is 1.67 bits per heavy atom. The predicted molar refractivity (Wildman–Crippen MR) is 119 cm³/mol. The van der Waals surface area contributed by atoms with Crippen LogP contribution in [0.1, 0.15) is 43.6 Å². The fourth-order valence-electron chi connectivity index (χ4n) is 2.06. The van der Waals surface area contributed by atoms with Gasteiger partial charge in [-0.25, -0.2) is 9.59 Å². The molecule has 6 heteroatoms. The molecule has 1 aromatic heterocycles. The third-order valence-electron chi connectivity index (χ3n) is 3.20. The van der Waals surface area contributed by atoms with Crippen LogP contribution in [0.4, 0.5) is 0 Å². The molecule has 0 amide bonds. The van der Waals surface area contributed by atoms with Gasteiger partial charge >= 0.3 is 11.6 Å². The Morgan fingerprint density at radius 1 is 1.04 bits per heavy atom. The zero-order chi connectivity index (χ0) is 20.4. The van der Waals surface area contributed by atoms with Gasteiger partial charge in [-0.05, 0) is 70.6 Å². The van der Waals surface area contributed by atoms with E-state index in [4.69, 9.17) is 20.8 Å². The number of carbonyl (C=O) groups excluding carboxylic acids is 1. The van der Waals surface area contributed by atoms with Crippen molar-refractivity contribution in [1.82, 2.24) is 0 Å². The summed E-state index contributed by atoms with van der Waals surface area (Å²) in [4.78, 5) is 24.2. The Kier molecular flexibility index (Phi) is 10.1. The van der Waals surface area contributed by atoms with Gasteiger partial charge in [0.25, 0.3) is 0 Å². The van der Waals surface area contributed by atoms with E-state index in [1.807, 2.05) is 27.7 Å². The summed E-state index contributed by atoms with van der Waals surface area (Å²) < 4.78 is 11.4. The maximum absolute atomic E-state index is 12.2. The fraction of sp³-hybridized carbons (Fsp3) is 0.238. The molecule has 0 radical (unpaired) electrons. The fourth-order valence-corrected chi connectivity index (χ4v) is 2.59. The van der Waals surface area contributed by atoms with Crippen LogP contribution in [0, 0.1) is 3.57 Å². The summed E-state index contributed by atoms with van der Waals surface area (Å²) in [6, 6.07) is 13.6. The van der Waals surface area contributed by atoms with E-state index in [9.17, 15) is 9.59 Å². The summed E-state index contributed by atoms with van der Waals surface area (Å²) in [5.74, 6) is -0.0557. The molecule has 2 aromatic carbocycles. The van der Waals surface area contributed by atoms with Gasteiger partial charge in [0.05, 0.1) is 0 Å². The average molecular weight is 501 g/mol. The number of ether oxygens (including phenoxy) is 1. The van der Waals surface area contributed by atoms with Gasteiger partial charge in [-0.2, -0.15) is 0 Å². The van der Waals surface area contributed by atoms with Crippen molar-refractivity contribution in [1.29, 1.82) is 0 Å². The molecule has 1 heterocycles. The molecule has 0 aliphatic heterocycles. The lowest BCUT2D eigenvalue weighted by Gasteiger charge is -2.05. The third-order valence-corrected chi connectivity index (χ3v) is 4.22. The third kappa shape index (κ3) is 6.36. The molecule has 0 saturated carbocycles. The second-order valence-electron chi connectivity index (χ2n) is 4.80. The quantitative estimate of drug-likeness (QED) is 0.137. The molecular weight excluding hydrogens is 479 g/mol. The molecule has 3 rings (SSSR count). The summed E-state index contributed by atoms with van der Waals surface area (Å²) in [6.07, 6.45) is 0. The number of hydrogen-bond donors (Lipinski definition) is 0. The first-order valence-electron chi connectivity index (χ1n) is 8.67. The first-order valence-corrected chi connectivity index (χ1v) is 10.3. The van der Waals surface area contributed by atoms with Gasteiger partial charge in [0.2, 0.25) is 0 Å². The Hall–Kier alpha value is -1.86. The molecule has 0 aliphatic carbocycles. The van der Waals surface area contributed by atoms with Crippen molar-refractivity contribution < 1.29 is 13.9 Å². The largest absolute Gasteiger partial charge is 0.423 e. The van der Waals surface area contributed by atoms with E-state index in [0.29, 0.717) is 22.6 Å². The number of rotatable bonds is 3. The van der Waals surface area contributed by atoms with Crippen molar-refractivity contribution >= 4 is 51.1 Å². The molecule has 27 heavy (non-hydrogen) atoms. The van der Waals surface area contributed by atoms with E-state index in [2.05, 4.69) is 22.6 Å². The molecule has 0 unspecified atom stereocenters. The standard InChI is InChI=1S/C17H10ClIO4.2C2H6/c18-9-10-1-6-15-11(7-10)8-14(17(21)23-15)16(20)22-13-4-2-12(19)3-5-13;2*1-2/h1-8H,9H2;2*1-2H3. The summed E-state index contributed by atoms with van der Waals surface area (Å²) >= 11 is 7.94. The van der Waals surface area contributed by atoms with Crippen molar-refractivity contribution in [2.75, 3.05) is 0 Å². The Balaban J connectivity index is 0.000000855. The minimum absolute atomic E-state index is 0.150. The Bertz CT molecular complexity index is 933. The Labute approximate surface area is 177 Å². The van der Waals surface area contributed by atoms with E-state index in [-0.39, 0.29) is 5.56 Å². The summed E-state index contributed by atoms with van der Waals surface area (Å²) in [7, 11) is 0. The van der Waals surface area contributed by atoms with Crippen molar-refractivity contribution in [3.63, 3.8) is 0 Å². The summed E-state index contributed by atoms with van der Waals surface area (Å²) in [5.41, 5.74) is 0.383. The zero-order valence-corrected chi connectivity index (χ0v) is 18.6. The minimum atomic E-state index is -0.752. The van der Waals surface area contributed by atoms with Gasteiger partial charge < -0.3 is 9.15 Å². The van der Waals surface area contributed by atoms with E-state index >= 15 is 0 Å². The van der Waals surface area contributed by atoms with Crippen LogP contribution in [0.2, 0.25) is 0 Å². The van der Waals surface area contributed by atoms with E-state index in [0.717, 1.165) is 9.13 Å². The van der Waals surface area contributed by atoms with Crippen LogP contribution in [-0.4, -0.2) is 5.97 Å². The summed E-state index contributed by atoms with van der Waals surface area (Å²) in [6.45, 7) is 8.00. The molecule has 4 nitrogen and oxygen atoms in total. The van der Waals surface area contributed by atoms with Crippen molar-refractivity contribution in [3.8, 4) is 5.75 Å². The normalized spacial score (nSPS) is 9.56. The molecule has 0 saturated heterocycles. The Morgan fingerprint density at radius 3 is 2.26 bits per heavy atom. The SMILES string of the molecule is CC.CC.O=C(Oc1ccc(I)cc1)c1cc2cc(CCl)ccc2oc1=O. The molecule has 0 N–H and O–H groups in total. The molecule has 3 aromatic rings. The van der Waals surface area contributed by atoms with E-state index < -0.39 is 11.6 Å². The van der Waals surface area contributed by atoms with Crippen LogP contribution < -0.4 is 10.4 Å². The van der Waals surface area contributed by atoms with Crippen molar-refractivity contribution in [2.24, 2.45) is 0 Å². The molecule has 0 bridgehead atoms. The van der Waals surface area contributed by atoms with Crippen molar-refractivity contribution in [2.45, 2.75) is 33.6 Å². The predicted octanol–water partition coefficient (Wildman–Crippen LogP) is 6.41. The molecule has 0 aliphatic rings. The highest BCUT2D eigenvalue weighted by atomic mass is 127. The maximum Gasteiger partial charge on any atom is 0.351 e. The second-order valence-corrected chi connectivity index (χ2v) is 6.31. The zero-order valence-electron chi connectivity index (χ0n) is 15.7. The topological polar surface area (TPSA) is 56.5 Å². The number of carbonyl (C=O) groups is 1. The average Bonchev–Trinajstić information content (AvgIpc) is 2.71. The van der Waals surface area contributed by atoms with Crippen molar-refractivity contribution in [3.05, 3.63) is 73.6 Å². The molecule has 0 spiro atoms. The highest BCUT2D eigenvalue weighted by Crippen LogP contribution is 2.19. The van der Waals surface area contributed by atoms with Crippen LogP contribution in [-0.2, 0) is 5.88 Å². The lowest BCUT2D eigenvalue weighted by Crippen LogP contribution is -2.18. The van der Waals surface area contributed by atoms with Gasteiger partial charge in [-0.1, -0.05) is 33.8 Å². The van der Waals surface area contributed by atoms with Gasteiger partial charge in [0.1, 0.15) is 16.9 Å². The van der Waals surface area contributed by atoms with Crippen LogP contribution >= 0.6 is 34.2 Å². The lowest BCUT2D eigenvalue weighted by molar-refractivity contribution is 0.0730. The lowest BCUT2D eigenvalue weighted by atomic mass is 10.1. The van der Waals surface area contributed by atoms with Gasteiger partial charge in [-0.3, -0.25) is 0 Å². The smallest absolute Gasteiger partial charge is 0.351 e. The molecular formula is C21H22ClIO4. The van der Waals surface area contributed by atoms with Gasteiger partial charge in [-0.15, -0.1) is 11.6 Å². The van der Waals surface area contributed by atoms with E-state index in [1.54, 1.807) is 42.5 Å². The monoisotopic (exact) mass is 500 g/mol. The minimum Gasteiger partial charge on any atom is -0.423 e. The van der Waals surface area contributed by atoms with Gasteiger partial charge in [0.15, 0.2) is 0 Å². The number of hydrogen-bond acceptors (Lipinski definition) is 4. The van der Waals surface area contributed by atoms with Crippen LogP contribution in [0.25, 0.3) is 11.0 Å². The number of alkyl halides is 1. The van der Waals surface area contributed by atoms with Crippen LogP contribution in [0.5, 0.6) is 5.75 Å². The number of halogens is 2. The number of fused-ring (bicyclic) bond motifs is 1. The van der Waals surface area contributed by atoms with Crippen LogP contribution in [0.15, 0.2) is 57.7 Å². The van der Waals surface area contributed by atoms with E-state index in [1.165, 1.54) is 6.07 Å².